The van der Waals surface area contributed by atoms with Crippen LogP contribution >= 0.6 is 15.9 Å². The standard InChI is InChI=1S/C23H29BrN2O3/c1-4-17(3)25-23(28)21(5-2)26(15-18-9-7-6-8-10-18)22(27)16-29-20-13-11-19(24)12-14-20/h6-14,17,21H,4-5,15-16H2,1-3H3,(H,25,28). The molecule has 0 aliphatic rings. The summed E-state index contributed by atoms with van der Waals surface area (Å²) in [6, 6.07) is 16.5. The predicted molar refractivity (Wildman–Crippen MR) is 119 cm³/mol. The van der Waals surface area contributed by atoms with Crippen LogP contribution in [0.4, 0.5) is 0 Å². The van der Waals surface area contributed by atoms with Gasteiger partial charge in [-0.05, 0) is 49.6 Å². The molecule has 0 spiro atoms. The van der Waals surface area contributed by atoms with Gasteiger partial charge in [0.25, 0.3) is 5.91 Å². The fourth-order valence-electron chi connectivity index (χ4n) is 2.90. The van der Waals surface area contributed by atoms with E-state index in [1.807, 2.05) is 63.2 Å². The van der Waals surface area contributed by atoms with Crippen molar-refractivity contribution in [2.75, 3.05) is 6.61 Å². The van der Waals surface area contributed by atoms with Gasteiger partial charge < -0.3 is 15.0 Å². The van der Waals surface area contributed by atoms with Crippen molar-refractivity contribution in [3.05, 3.63) is 64.6 Å². The van der Waals surface area contributed by atoms with Crippen molar-refractivity contribution in [1.29, 1.82) is 0 Å². The highest BCUT2D eigenvalue weighted by atomic mass is 79.9. The van der Waals surface area contributed by atoms with E-state index in [0.29, 0.717) is 18.7 Å². The molecule has 2 rings (SSSR count). The van der Waals surface area contributed by atoms with Crippen molar-refractivity contribution < 1.29 is 14.3 Å². The van der Waals surface area contributed by atoms with Gasteiger partial charge in [0.1, 0.15) is 11.8 Å². The molecular formula is C23H29BrN2O3. The van der Waals surface area contributed by atoms with E-state index in [1.165, 1.54) is 0 Å². The fourth-order valence-corrected chi connectivity index (χ4v) is 3.16. The van der Waals surface area contributed by atoms with Gasteiger partial charge in [-0.1, -0.05) is 60.1 Å². The molecule has 1 N–H and O–H groups in total. The Morgan fingerprint density at radius 2 is 1.69 bits per heavy atom. The molecule has 2 aromatic carbocycles. The van der Waals surface area contributed by atoms with Gasteiger partial charge in [0.2, 0.25) is 5.91 Å². The number of hydrogen-bond acceptors (Lipinski definition) is 3. The second kappa shape index (κ2) is 11.6. The summed E-state index contributed by atoms with van der Waals surface area (Å²) in [5.74, 6) is 0.260. The Kier molecular flexibility index (Phi) is 9.19. The zero-order valence-electron chi connectivity index (χ0n) is 17.2. The largest absolute Gasteiger partial charge is 0.484 e. The van der Waals surface area contributed by atoms with E-state index in [-0.39, 0.29) is 24.5 Å². The van der Waals surface area contributed by atoms with Gasteiger partial charge >= 0.3 is 0 Å². The van der Waals surface area contributed by atoms with Crippen LogP contribution in [-0.2, 0) is 16.1 Å². The topological polar surface area (TPSA) is 58.6 Å². The molecule has 29 heavy (non-hydrogen) atoms. The maximum absolute atomic E-state index is 13.1. The lowest BCUT2D eigenvalue weighted by Crippen LogP contribution is -2.51. The molecule has 6 heteroatoms. The van der Waals surface area contributed by atoms with Crippen LogP contribution in [0.2, 0.25) is 0 Å². The molecule has 0 bridgehead atoms. The molecule has 0 saturated heterocycles. The number of carbonyl (C=O) groups is 2. The maximum Gasteiger partial charge on any atom is 0.261 e. The molecule has 0 saturated carbocycles. The summed E-state index contributed by atoms with van der Waals surface area (Å²) in [7, 11) is 0. The Morgan fingerprint density at radius 3 is 2.28 bits per heavy atom. The minimum absolute atomic E-state index is 0.0595. The van der Waals surface area contributed by atoms with E-state index in [2.05, 4.69) is 21.2 Å². The predicted octanol–water partition coefficient (Wildman–Crippen LogP) is 4.55. The van der Waals surface area contributed by atoms with E-state index in [4.69, 9.17) is 4.74 Å². The number of amides is 2. The van der Waals surface area contributed by atoms with Gasteiger partial charge in [-0.25, -0.2) is 0 Å². The summed E-state index contributed by atoms with van der Waals surface area (Å²) in [5.41, 5.74) is 0.972. The fraction of sp³-hybridized carbons (Fsp3) is 0.391. The molecule has 2 atom stereocenters. The van der Waals surface area contributed by atoms with Crippen LogP contribution in [0.25, 0.3) is 0 Å². The van der Waals surface area contributed by atoms with E-state index < -0.39 is 6.04 Å². The Balaban J connectivity index is 2.16. The molecule has 0 heterocycles. The van der Waals surface area contributed by atoms with Gasteiger partial charge in [0.05, 0.1) is 0 Å². The highest BCUT2D eigenvalue weighted by molar-refractivity contribution is 9.10. The van der Waals surface area contributed by atoms with E-state index in [0.717, 1.165) is 16.5 Å². The van der Waals surface area contributed by atoms with Gasteiger partial charge in [0.15, 0.2) is 6.61 Å². The van der Waals surface area contributed by atoms with Crippen molar-refractivity contribution in [3.8, 4) is 5.75 Å². The normalized spacial score (nSPS) is 12.7. The van der Waals surface area contributed by atoms with Crippen molar-refractivity contribution >= 4 is 27.7 Å². The number of benzene rings is 2. The third kappa shape index (κ3) is 7.20. The molecule has 0 radical (unpaired) electrons. The first kappa shape index (κ1) is 22.9. The number of nitrogens with zero attached hydrogens (tertiary/aromatic N) is 1. The minimum Gasteiger partial charge on any atom is -0.484 e. The quantitative estimate of drug-likeness (QED) is 0.565. The zero-order chi connectivity index (χ0) is 21.2. The third-order valence-electron chi connectivity index (χ3n) is 4.76. The van der Waals surface area contributed by atoms with Crippen LogP contribution in [0.5, 0.6) is 5.75 Å². The maximum atomic E-state index is 13.1. The highest BCUT2D eigenvalue weighted by Gasteiger charge is 2.29. The summed E-state index contributed by atoms with van der Waals surface area (Å²) in [6.45, 7) is 6.13. The molecule has 0 aliphatic carbocycles. The lowest BCUT2D eigenvalue weighted by atomic mass is 10.1. The molecule has 5 nitrogen and oxygen atoms in total. The Bertz CT molecular complexity index is 780. The number of nitrogens with one attached hydrogen (secondary N) is 1. The van der Waals surface area contributed by atoms with Gasteiger partial charge in [-0.2, -0.15) is 0 Å². The SMILES string of the molecule is CCC(C)NC(=O)C(CC)N(Cc1ccccc1)C(=O)COc1ccc(Br)cc1. The monoisotopic (exact) mass is 460 g/mol. The Hall–Kier alpha value is -2.34. The van der Waals surface area contributed by atoms with E-state index in [9.17, 15) is 9.59 Å². The van der Waals surface area contributed by atoms with Crippen LogP contribution in [0, 0.1) is 0 Å². The molecule has 156 valence electrons. The zero-order valence-corrected chi connectivity index (χ0v) is 18.8. The summed E-state index contributed by atoms with van der Waals surface area (Å²) in [5, 5.41) is 3.00. The number of carbonyl (C=O) groups excluding carboxylic acids is 2. The van der Waals surface area contributed by atoms with E-state index >= 15 is 0 Å². The molecule has 2 aromatic rings. The first-order chi connectivity index (χ1) is 13.9. The second-order valence-corrected chi connectivity index (χ2v) is 7.91. The van der Waals surface area contributed by atoms with Crippen LogP contribution in [-0.4, -0.2) is 35.4 Å². The second-order valence-electron chi connectivity index (χ2n) is 6.99. The molecule has 0 fully saturated rings. The van der Waals surface area contributed by atoms with Gasteiger partial charge in [-0.3, -0.25) is 9.59 Å². The summed E-state index contributed by atoms with van der Waals surface area (Å²) in [6.07, 6.45) is 1.36. The molecule has 0 aromatic heterocycles. The molecule has 2 amide bonds. The molecule has 2 unspecified atom stereocenters. The Labute approximate surface area is 181 Å². The third-order valence-corrected chi connectivity index (χ3v) is 5.29. The van der Waals surface area contributed by atoms with Crippen LogP contribution in [0.3, 0.4) is 0 Å². The number of ether oxygens (including phenoxy) is 1. The van der Waals surface area contributed by atoms with E-state index in [1.54, 1.807) is 17.0 Å². The molecule has 0 aliphatic heterocycles. The summed E-state index contributed by atoms with van der Waals surface area (Å²) >= 11 is 3.38. The van der Waals surface area contributed by atoms with Crippen molar-refractivity contribution in [3.63, 3.8) is 0 Å². The minimum atomic E-state index is -0.551. The number of rotatable bonds is 10. The first-order valence-corrected chi connectivity index (χ1v) is 10.8. The lowest BCUT2D eigenvalue weighted by molar-refractivity contribution is -0.143. The van der Waals surface area contributed by atoms with Crippen molar-refractivity contribution in [2.45, 2.75) is 52.2 Å². The number of halogens is 1. The van der Waals surface area contributed by atoms with Crippen LogP contribution in [0.1, 0.15) is 39.2 Å². The number of hydrogen-bond donors (Lipinski definition) is 1. The Morgan fingerprint density at radius 1 is 1.03 bits per heavy atom. The first-order valence-electron chi connectivity index (χ1n) is 9.96. The van der Waals surface area contributed by atoms with Gasteiger partial charge in [0, 0.05) is 17.1 Å². The van der Waals surface area contributed by atoms with Crippen LogP contribution < -0.4 is 10.1 Å². The van der Waals surface area contributed by atoms with Gasteiger partial charge in [-0.15, -0.1) is 0 Å². The smallest absolute Gasteiger partial charge is 0.261 e. The van der Waals surface area contributed by atoms with Crippen molar-refractivity contribution in [1.82, 2.24) is 10.2 Å². The van der Waals surface area contributed by atoms with Crippen LogP contribution in [0.15, 0.2) is 59.1 Å². The summed E-state index contributed by atoms with van der Waals surface area (Å²) < 4.78 is 6.61. The van der Waals surface area contributed by atoms with Crippen molar-refractivity contribution in [2.24, 2.45) is 0 Å². The molecular weight excluding hydrogens is 432 g/mol. The highest BCUT2D eigenvalue weighted by Crippen LogP contribution is 2.17. The average molecular weight is 461 g/mol. The summed E-state index contributed by atoms with van der Waals surface area (Å²) in [4.78, 5) is 27.5. The lowest BCUT2D eigenvalue weighted by Gasteiger charge is -2.31. The average Bonchev–Trinajstić information content (AvgIpc) is 2.73.